The SMILES string of the molecule is COCCNCc1cc(C(=O)O)nn1C. The lowest BCUT2D eigenvalue weighted by molar-refractivity contribution is 0.0689. The number of carboxylic acid groups (broad SMARTS) is 1. The van der Waals surface area contributed by atoms with Crippen LogP contribution in [0.3, 0.4) is 0 Å². The van der Waals surface area contributed by atoms with E-state index in [1.54, 1.807) is 24.9 Å². The van der Waals surface area contributed by atoms with Gasteiger partial charge >= 0.3 is 5.97 Å². The van der Waals surface area contributed by atoms with Crippen LogP contribution in [0.25, 0.3) is 0 Å². The van der Waals surface area contributed by atoms with Crippen molar-refractivity contribution < 1.29 is 14.6 Å². The summed E-state index contributed by atoms with van der Waals surface area (Å²) in [7, 11) is 3.36. The summed E-state index contributed by atoms with van der Waals surface area (Å²) in [5, 5.41) is 15.7. The van der Waals surface area contributed by atoms with Crippen molar-refractivity contribution in [1.82, 2.24) is 15.1 Å². The van der Waals surface area contributed by atoms with Crippen LogP contribution >= 0.6 is 0 Å². The molecule has 1 aromatic heterocycles. The predicted octanol–water partition coefficient (Wildman–Crippen LogP) is -0.146. The van der Waals surface area contributed by atoms with E-state index in [4.69, 9.17) is 9.84 Å². The molecule has 0 saturated heterocycles. The largest absolute Gasteiger partial charge is 0.476 e. The molecule has 0 saturated carbocycles. The fourth-order valence-electron chi connectivity index (χ4n) is 1.17. The summed E-state index contributed by atoms with van der Waals surface area (Å²) in [4.78, 5) is 10.6. The van der Waals surface area contributed by atoms with Gasteiger partial charge in [0.05, 0.1) is 12.3 Å². The predicted molar refractivity (Wildman–Crippen MR) is 53.8 cm³/mol. The van der Waals surface area contributed by atoms with Gasteiger partial charge in [-0.1, -0.05) is 0 Å². The summed E-state index contributed by atoms with van der Waals surface area (Å²) in [6.45, 7) is 1.94. The maximum Gasteiger partial charge on any atom is 0.356 e. The van der Waals surface area contributed by atoms with E-state index in [-0.39, 0.29) is 5.69 Å². The Bertz CT molecular complexity index is 335. The zero-order valence-electron chi connectivity index (χ0n) is 8.86. The number of nitrogens with zero attached hydrogens (tertiary/aromatic N) is 2. The summed E-state index contributed by atoms with van der Waals surface area (Å²) in [6, 6.07) is 1.56. The topological polar surface area (TPSA) is 76.4 Å². The third kappa shape index (κ3) is 3.34. The number of nitrogens with one attached hydrogen (secondary N) is 1. The van der Waals surface area contributed by atoms with E-state index in [9.17, 15) is 4.79 Å². The second kappa shape index (κ2) is 5.47. The smallest absolute Gasteiger partial charge is 0.356 e. The van der Waals surface area contributed by atoms with Crippen LogP contribution in [0.5, 0.6) is 0 Å². The molecule has 1 aromatic rings. The van der Waals surface area contributed by atoms with Gasteiger partial charge in [0.1, 0.15) is 0 Å². The monoisotopic (exact) mass is 213 g/mol. The van der Waals surface area contributed by atoms with Crippen LogP contribution in [-0.2, 0) is 18.3 Å². The molecule has 2 N–H and O–H groups in total. The van der Waals surface area contributed by atoms with Crippen molar-refractivity contribution >= 4 is 5.97 Å². The van der Waals surface area contributed by atoms with Crippen LogP contribution < -0.4 is 5.32 Å². The fourth-order valence-corrected chi connectivity index (χ4v) is 1.17. The Balaban J connectivity index is 2.50. The van der Waals surface area contributed by atoms with Crippen molar-refractivity contribution in [2.24, 2.45) is 7.05 Å². The lowest BCUT2D eigenvalue weighted by Gasteiger charge is -2.03. The highest BCUT2D eigenvalue weighted by molar-refractivity contribution is 5.85. The molecular formula is C9H15N3O3. The molecule has 15 heavy (non-hydrogen) atoms. The van der Waals surface area contributed by atoms with E-state index in [0.29, 0.717) is 13.2 Å². The quantitative estimate of drug-likeness (QED) is 0.643. The number of aryl methyl sites for hydroxylation is 1. The van der Waals surface area contributed by atoms with Crippen LogP contribution in [0, 0.1) is 0 Å². The number of carbonyl (C=O) groups is 1. The summed E-state index contributed by atoms with van der Waals surface area (Å²) in [5.41, 5.74) is 0.907. The standard InChI is InChI=1S/C9H15N3O3/c1-12-7(6-10-3-4-15-2)5-8(11-12)9(13)14/h5,10H,3-4,6H2,1-2H3,(H,13,14). The van der Waals surface area contributed by atoms with Crippen LogP contribution in [0.15, 0.2) is 6.07 Å². The van der Waals surface area contributed by atoms with Gasteiger partial charge in [-0.05, 0) is 6.07 Å². The van der Waals surface area contributed by atoms with E-state index < -0.39 is 5.97 Å². The number of ether oxygens (including phenoxy) is 1. The van der Waals surface area contributed by atoms with Crippen molar-refractivity contribution in [2.75, 3.05) is 20.3 Å². The first kappa shape index (κ1) is 11.7. The lowest BCUT2D eigenvalue weighted by Crippen LogP contribution is -2.20. The van der Waals surface area contributed by atoms with Crippen LogP contribution in [0.1, 0.15) is 16.2 Å². The summed E-state index contributed by atoms with van der Waals surface area (Å²) in [6.07, 6.45) is 0. The van der Waals surface area contributed by atoms with Gasteiger partial charge in [-0.3, -0.25) is 4.68 Å². The molecule has 0 aromatic carbocycles. The molecule has 0 spiro atoms. The highest BCUT2D eigenvalue weighted by Crippen LogP contribution is 2.02. The molecule has 6 heteroatoms. The highest BCUT2D eigenvalue weighted by atomic mass is 16.5. The summed E-state index contributed by atoms with van der Waals surface area (Å²) < 4.78 is 6.43. The second-order valence-electron chi connectivity index (χ2n) is 3.12. The van der Waals surface area contributed by atoms with Gasteiger partial charge in [-0.25, -0.2) is 4.79 Å². The average molecular weight is 213 g/mol. The molecule has 0 radical (unpaired) electrons. The van der Waals surface area contributed by atoms with E-state index in [1.165, 1.54) is 0 Å². The minimum atomic E-state index is -1.01. The van der Waals surface area contributed by atoms with Crippen LogP contribution in [0.4, 0.5) is 0 Å². The molecule has 0 unspecified atom stereocenters. The second-order valence-corrected chi connectivity index (χ2v) is 3.12. The number of aromatic nitrogens is 2. The molecule has 0 aliphatic carbocycles. The first-order valence-corrected chi connectivity index (χ1v) is 4.61. The fraction of sp³-hybridized carbons (Fsp3) is 0.556. The molecule has 0 aliphatic rings. The maximum absolute atomic E-state index is 10.6. The molecule has 0 aliphatic heterocycles. The molecule has 0 fully saturated rings. The third-order valence-corrected chi connectivity index (χ3v) is 1.98. The molecule has 0 bridgehead atoms. The number of carboxylic acids is 1. The Hall–Kier alpha value is -1.40. The number of hydrogen-bond acceptors (Lipinski definition) is 4. The van der Waals surface area contributed by atoms with Crippen LogP contribution in [-0.4, -0.2) is 41.1 Å². The number of aromatic carboxylic acids is 1. The van der Waals surface area contributed by atoms with Gasteiger partial charge in [-0.2, -0.15) is 5.10 Å². The molecule has 0 amide bonds. The highest BCUT2D eigenvalue weighted by Gasteiger charge is 2.10. The summed E-state index contributed by atoms with van der Waals surface area (Å²) >= 11 is 0. The first-order chi connectivity index (χ1) is 7.15. The minimum absolute atomic E-state index is 0.0704. The Morgan fingerprint density at radius 1 is 1.73 bits per heavy atom. The Morgan fingerprint density at radius 2 is 2.47 bits per heavy atom. The van der Waals surface area contributed by atoms with Crippen molar-refractivity contribution in [3.8, 4) is 0 Å². The van der Waals surface area contributed by atoms with Crippen molar-refractivity contribution in [2.45, 2.75) is 6.54 Å². The van der Waals surface area contributed by atoms with Crippen molar-refractivity contribution in [3.63, 3.8) is 0 Å². The minimum Gasteiger partial charge on any atom is -0.476 e. The number of hydrogen-bond donors (Lipinski definition) is 2. The van der Waals surface area contributed by atoms with Crippen molar-refractivity contribution in [3.05, 3.63) is 17.5 Å². The number of methoxy groups -OCH3 is 1. The van der Waals surface area contributed by atoms with E-state index in [0.717, 1.165) is 12.2 Å². The van der Waals surface area contributed by atoms with Gasteiger partial charge < -0.3 is 15.2 Å². The maximum atomic E-state index is 10.6. The Morgan fingerprint density at radius 3 is 3.00 bits per heavy atom. The van der Waals surface area contributed by atoms with Gasteiger partial charge in [0.25, 0.3) is 0 Å². The zero-order valence-corrected chi connectivity index (χ0v) is 8.86. The molecular weight excluding hydrogens is 198 g/mol. The zero-order chi connectivity index (χ0) is 11.3. The van der Waals surface area contributed by atoms with Gasteiger partial charge in [-0.15, -0.1) is 0 Å². The van der Waals surface area contributed by atoms with Gasteiger partial charge in [0.2, 0.25) is 0 Å². The van der Waals surface area contributed by atoms with Gasteiger partial charge in [0.15, 0.2) is 5.69 Å². The van der Waals surface area contributed by atoms with E-state index in [2.05, 4.69) is 10.4 Å². The molecule has 6 nitrogen and oxygen atoms in total. The third-order valence-electron chi connectivity index (χ3n) is 1.98. The normalized spacial score (nSPS) is 10.5. The number of rotatable bonds is 6. The van der Waals surface area contributed by atoms with Crippen molar-refractivity contribution in [1.29, 1.82) is 0 Å². The molecule has 0 atom stereocenters. The summed E-state index contributed by atoms with van der Waals surface area (Å²) in [5.74, 6) is -1.01. The van der Waals surface area contributed by atoms with E-state index in [1.807, 2.05) is 0 Å². The lowest BCUT2D eigenvalue weighted by atomic mass is 10.3. The van der Waals surface area contributed by atoms with Crippen LogP contribution in [0.2, 0.25) is 0 Å². The Labute approximate surface area is 87.8 Å². The Kier molecular flexibility index (Phi) is 4.26. The molecule has 1 heterocycles. The first-order valence-electron chi connectivity index (χ1n) is 4.61. The van der Waals surface area contributed by atoms with E-state index >= 15 is 0 Å². The average Bonchev–Trinajstić information content (AvgIpc) is 2.55. The van der Waals surface area contributed by atoms with Gasteiger partial charge in [0, 0.05) is 27.2 Å². The molecule has 84 valence electrons. The molecule has 1 rings (SSSR count).